The molecule has 0 amide bonds. The number of aromatic nitrogens is 1. The van der Waals surface area contributed by atoms with Gasteiger partial charge in [0.05, 0.1) is 0 Å². The molecule has 3 rings (SSSR count). The summed E-state index contributed by atoms with van der Waals surface area (Å²) in [6.07, 6.45) is 3.88. The number of hydrogen-bond acceptors (Lipinski definition) is 5. The maximum atomic E-state index is 11.0. The highest BCUT2D eigenvalue weighted by molar-refractivity contribution is 5.63. The van der Waals surface area contributed by atoms with E-state index in [1.807, 2.05) is 24.3 Å². The third kappa shape index (κ3) is 7.13. The topological polar surface area (TPSA) is 58.7 Å². The number of ether oxygens (including phenoxy) is 1. The van der Waals surface area contributed by atoms with Gasteiger partial charge in [0, 0.05) is 23.2 Å². The van der Waals surface area contributed by atoms with Crippen molar-refractivity contribution < 1.29 is 14.3 Å². The molecule has 1 heterocycles. The molecule has 0 unspecified atom stereocenters. The van der Waals surface area contributed by atoms with Crippen LogP contribution in [0, 0.1) is 0 Å². The highest BCUT2D eigenvalue weighted by Crippen LogP contribution is 2.41. The van der Waals surface area contributed by atoms with E-state index in [4.69, 9.17) is 9.15 Å². The van der Waals surface area contributed by atoms with Gasteiger partial charge < -0.3 is 19.2 Å². The monoisotopic (exact) mass is 492 g/mol. The standard InChI is InChI=1S/C31H44N2O3/c1-9-16-33(10-2)17-15-22-11-13-25(14-12-22)35-20-24-21-36-29(32-24)23-18-26(30(3,4)5)28(34)27(19-23)31(6,7)8/h11-14,18-19,21,34H,9-10,15-17,20H2,1-8H3. The maximum Gasteiger partial charge on any atom is 0.226 e. The van der Waals surface area contributed by atoms with Crippen LogP contribution in [0.5, 0.6) is 11.5 Å². The van der Waals surface area contributed by atoms with Crippen LogP contribution in [0.25, 0.3) is 11.5 Å². The normalized spacial score (nSPS) is 12.4. The van der Waals surface area contributed by atoms with Gasteiger partial charge in [-0.15, -0.1) is 0 Å². The van der Waals surface area contributed by atoms with E-state index < -0.39 is 0 Å². The fourth-order valence-electron chi connectivity index (χ4n) is 4.35. The molecule has 196 valence electrons. The van der Waals surface area contributed by atoms with Crippen LogP contribution in [0.15, 0.2) is 47.1 Å². The molecule has 0 aliphatic rings. The number of nitrogens with zero attached hydrogens (tertiary/aromatic N) is 2. The highest BCUT2D eigenvalue weighted by Gasteiger charge is 2.27. The number of phenols is 1. The first-order valence-electron chi connectivity index (χ1n) is 13.2. The van der Waals surface area contributed by atoms with Gasteiger partial charge in [-0.25, -0.2) is 4.98 Å². The van der Waals surface area contributed by atoms with Crippen LogP contribution < -0.4 is 4.74 Å². The van der Waals surface area contributed by atoms with E-state index in [1.54, 1.807) is 6.26 Å². The molecule has 1 aromatic heterocycles. The quantitative estimate of drug-likeness (QED) is 0.318. The van der Waals surface area contributed by atoms with Crippen molar-refractivity contribution in [2.75, 3.05) is 19.6 Å². The molecule has 0 bridgehead atoms. The van der Waals surface area contributed by atoms with E-state index in [2.05, 4.69) is 77.4 Å². The number of oxazole rings is 1. The van der Waals surface area contributed by atoms with Crippen LogP contribution in [0.1, 0.15) is 84.2 Å². The van der Waals surface area contributed by atoms with E-state index in [1.165, 1.54) is 12.0 Å². The summed E-state index contributed by atoms with van der Waals surface area (Å²) in [6, 6.07) is 12.3. The van der Waals surface area contributed by atoms with Crippen LogP contribution >= 0.6 is 0 Å². The van der Waals surface area contributed by atoms with Crippen molar-refractivity contribution >= 4 is 0 Å². The zero-order chi connectivity index (χ0) is 26.5. The van der Waals surface area contributed by atoms with Crippen LogP contribution in [0.3, 0.4) is 0 Å². The van der Waals surface area contributed by atoms with Crippen LogP contribution in [-0.2, 0) is 23.9 Å². The van der Waals surface area contributed by atoms with Gasteiger partial charge in [-0.2, -0.15) is 0 Å². The predicted molar refractivity (Wildman–Crippen MR) is 148 cm³/mol. The molecule has 0 aliphatic carbocycles. The first-order chi connectivity index (χ1) is 16.9. The number of benzene rings is 2. The molecule has 0 saturated carbocycles. The summed E-state index contributed by atoms with van der Waals surface area (Å²) >= 11 is 0. The fourth-order valence-corrected chi connectivity index (χ4v) is 4.35. The zero-order valence-corrected chi connectivity index (χ0v) is 23.4. The largest absolute Gasteiger partial charge is 0.507 e. The molecular weight excluding hydrogens is 448 g/mol. The van der Waals surface area contributed by atoms with Gasteiger partial charge >= 0.3 is 0 Å². The van der Waals surface area contributed by atoms with Crippen molar-refractivity contribution in [2.45, 2.75) is 85.7 Å². The van der Waals surface area contributed by atoms with Crippen molar-refractivity contribution in [1.29, 1.82) is 0 Å². The van der Waals surface area contributed by atoms with Crippen LogP contribution in [0.4, 0.5) is 0 Å². The molecule has 5 nitrogen and oxygen atoms in total. The predicted octanol–water partition coefficient (Wildman–Crippen LogP) is 7.50. The summed E-state index contributed by atoms with van der Waals surface area (Å²) in [4.78, 5) is 7.17. The summed E-state index contributed by atoms with van der Waals surface area (Å²) < 4.78 is 11.8. The lowest BCUT2D eigenvalue weighted by atomic mass is 9.78. The molecule has 2 aromatic carbocycles. The van der Waals surface area contributed by atoms with Crippen LogP contribution in [0.2, 0.25) is 0 Å². The van der Waals surface area contributed by atoms with Crippen molar-refractivity contribution in [3.05, 3.63) is 65.0 Å². The van der Waals surface area contributed by atoms with Gasteiger partial charge in [-0.05, 0) is 66.6 Å². The number of phenolic OH excluding ortho intramolecular Hbond substituents is 1. The van der Waals surface area contributed by atoms with Crippen molar-refractivity contribution in [1.82, 2.24) is 9.88 Å². The number of aromatic hydroxyl groups is 1. The lowest BCUT2D eigenvalue weighted by Gasteiger charge is -2.27. The Kier molecular flexibility index (Phi) is 8.89. The van der Waals surface area contributed by atoms with Gasteiger partial charge in [0.1, 0.15) is 30.1 Å². The number of hydrogen-bond donors (Lipinski definition) is 1. The van der Waals surface area contributed by atoms with Crippen molar-refractivity contribution in [3.8, 4) is 23.0 Å². The minimum Gasteiger partial charge on any atom is -0.507 e. The smallest absolute Gasteiger partial charge is 0.226 e. The molecule has 0 atom stereocenters. The minimum absolute atomic E-state index is 0.213. The van der Waals surface area contributed by atoms with Gasteiger partial charge in [0.2, 0.25) is 5.89 Å². The Balaban J connectivity index is 1.70. The molecular formula is C31H44N2O3. The average Bonchev–Trinajstić information content (AvgIpc) is 3.29. The molecule has 1 N–H and O–H groups in total. The first-order valence-corrected chi connectivity index (χ1v) is 13.2. The SMILES string of the molecule is CCCN(CC)CCc1ccc(OCc2coc(-c3cc(C(C)(C)C)c(O)c(C(C)(C)C)c3)n2)cc1. The maximum absolute atomic E-state index is 11.0. The van der Waals surface area contributed by atoms with E-state index >= 15 is 0 Å². The van der Waals surface area contributed by atoms with E-state index in [-0.39, 0.29) is 10.8 Å². The summed E-state index contributed by atoms with van der Waals surface area (Å²) in [5, 5.41) is 11.0. The first kappa shape index (κ1) is 27.8. The Hall–Kier alpha value is -2.79. The Bertz CT molecular complexity index is 1080. The second-order valence-corrected chi connectivity index (χ2v) is 11.7. The Morgan fingerprint density at radius 1 is 0.917 bits per heavy atom. The van der Waals surface area contributed by atoms with Crippen molar-refractivity contribution in [3.63, 3.8) is 0 Å². The Morgan fingerprint density at radius 3 is 2.06 bits per heavy atom. The Labute approximate surface area is 217 Å². The third-order valence-electron chi connectivity index (χ3n) is 6.54. The lowest BCUT2D eigenvalue weighted by molar-refractivity contribution is 0.292. The molecule has 0 saturated heterocycles. The molecule has 0 radical (unpaired) electrons. The molecule has 5 heteroatoms. The lowest BCUT2D eigenvalue weighted by Crippen LogP contribution is -2.26. The van der Waals surface area contributed by atoms with Crippen molar-refractivity contribution in [2.24, 2.45) is 0 Å². The summed E-state index contributed by atoms with van der Waals surface area (Å²) in [7, 11) is 0. The fraction of sp³-hybridized carbons (Fsp3) is 0.516. The molecule has 0 spiro atoms. The number of rotatable bonds is 10. The third-order valence-corrected chi connectivity index (χ3v) is 6.54. The van der Waals surface area contributed by atoms with Crippen LogP contribution in [-0.4, -0.2) is 34.6 Å². The second kappa shape index (κ2) is 11.5. The Morgan fingerprint density at radius 2 is 1.53 bits per heavy atom. The molecule has 0 aliphatic heterocycles. The average molecular weight is 493 g/mol. The van der Waals surface area contributed by atoms with E-state index in [0.29, 0.717) is 18.2 Å². The van der Waals surface area contributed by atoms with Gasteiger partial charge in [-0.1, -0.05) is 67.5 Å². The molecule has 36 heavy (non-hydrogen) atoms. The summed E-state index contributed by atoms with van der Waals surface area (Å²) in [5.41, 5.74) is 4.26. The summed E-state index contributed by atoms with van der Waals surface area (Å²) in [6.45, 7) is 20.7. The van der Waals surface area contributed by atoms with Gasteiger partial charge in [0.25, 0.3) is 0 Å². The molecule has 3 aromatic rings. The number of likely N-dealkylation sites (N-methyl/N-ethyl adjacent to an activating group) is 1. The second-order valence-electron chi connectivity index (χ2n) is 11.7. The van der Waals surface area contributed by atoms with Gasteiger partial charge in [0.15, 0.2) is 0 Å². The minimum atomic E-state index is -0.213. The summed E-state index contributed by atoms with van der Waals surface area (Å²) in [5.74, 6) is 1.71. The van der Waals surface area contributed by atoms with Gasteiger partial charge in [-0.3, -0.25) is 0 Å². The highest BCUT2D eigenvalue weighted by atomic mass is 16.5. The van der Waals surface area contributed by atoms with E-state index in [0.717, 1.165) is 54.2 Å². The van der Waals surface area contributed by atoms with E-state index in [9.17, 15) is 5.11 Å². The zero-order valence-electron chi connectivity index (χ0n) is 23.4. The molecule has 0 fully saturated rings.